The van der Waals surface area contributed by atoms with E-state index in [9.17, 15) is 10.1 Å². The first-order valence-corrected chi connectivity index (χ1v) is 5.59. The predicted octanol–water partition coefficient (Wildman–Crippen LogP) is 2.83. The Hall–Kier alpha value is -2.60. The van der Waals surface area contributed by atoms with Crippen molar-refractivity contribution in [3.8, 4) is 17.2 Å². The number of carbonyl (C=O) groups is 1. The molecule has 0 radical (unpaired) electrons. The summed E-state index contributed by atoms with van der Waals surface area (Å²) in [6.07, 6.45) is 0.696. The van der Waals surface area contributed by atoms with Crippen LogP contribution < -0.4 is 0 Å². The second-order valence-corrected chi connectivity index (χ2v) is 4.31. The maximum Gasteiger partial charge on any atom is 0.335 e. The van der Waals surface area contributed by atoms with Crippen LogP contribution in [0.3, 0.4) is 0 Å². The highest BCUT2D eigenvalue weighted by Gasteiger charge is 2.23. The number of fused-ring (bicyclic) bond motifs is 3. The predicted molar refractivity (Wildman–Crippen MR) is 66.4 cm³/mol. The topological polar surface area (TPSA) is 61.1 Å². The third-order valence-corrected chi connectivity index (χ3v) is 3.26. The number of hydrogen-bond acceptors (Lipinski definition) is 2. The minimum Gasteiger partial charge on any atom is -0.478 e. The van der Waals surface area contributed by atoms with Crippen molar-refractivity contribution in [2.45, 2.75) is 6.42 Å². The average Bonchev–Trinajstić information content (AvgIpc) is 2.75. The van der Waals surface area contributed by atoms with Crippen molar-refractivity contribution in [3.63, 3.8) is 0 Å². The zero-order chi connectivity index (χ0) is 12.7. The molecule has 2 aromatic rings. The van der Waals surface area contributed by atoms with E-state index >= 15 is 0 Å². The normalized spacial score (nSPS) is 11.5. The Morgan fingerprint density at radius 3 is 2.72 bits per heavy atom. The Balaban J connectivity index is 2.31. The SMILES string of the molecule is N#Cc1cc(C(=O)O)cc2c1-c1ccccc1C2. The van der Waals surface area contributed by atoms with Crippen LogP contribution in [0.5, 0.6) is 0 Å². The maximum atomic E-state index is 11.0. The molecule has 0 aliphatic heterocycles. The Labute approximate surface area is 104 Å². The molecule has 0 atom stereocenters. The molecule has 0 saturated carbocycles. The van der Waals surface area contributed by atoms with Crippen LogP contribution in [-0.4, -0.2) is 11.1 Å². The molecule has 3 nitrogen and oxygen atoms in total. The summed E-state index contributed by atoms with van der Waals surface area (Å²) in [5.74, 6) is -0.995. The lowest BCUT2D eigenvalue weighted by Crippen LogP contribution is -1.99. The lowest BCUT2D eigenvalue weighted by Gasteiger charge is -2.05. The van der Waals surface area contributed by atoms with Gasteiger partial charge in [-0.1, -0.05) is 24.3 Å². The molecule has 0 fully saturated rings. The molecular formula is C15H9NO2. The van der Waals surface area contributed by atoms with Gasteiger partial charge in [0.05, 0.1) is 17.2 Å². The summed E-state index contributed by atoms with van der Waals surface area (Å²) in [7, 11) is 0. The summed E-state index contributed by atoms with van der Waals surface area (Å²) in [5.41, 5.74) is 4.62. The third-order valence-electron chi connectivity index (χ3n) is 3.26. The summed E-state index contributed by atoms with van der Waals surface area (Å²) < 4.78 is 0. The van der Waals surface area contributed by atoms with E-state index in [1.807, 2.05) is 24.3 Å². The van der Waals surface area contributed by atoms with Gasteiger partial charge in [0.1, 0.15) is 0 Å². The fraction of sp³-hybridized carbons (Fsp3) is 0.0667. The van der Waals surface area contributed by atoms with Gasteiger partial charge >= 0.3 is 5.97 Å². The molecule has 0 aromatic heterocycles. The number of hydrogen-bond donors (Lipinski definition) is 1. The number of nitrogens with zero attached hydrogens (tertiary/aromatic N) is 1. The quantitative estimate of drug-likeness (QED) is 0.705. The average molecular weight is 235 g/mol. The van der Waals surface area contributed by atoms with Crippen LogP contribution in [0, 0.1) is 11.3 Å². The third kappa shape index (κ3) is 1.40. The van der Waals surface area contributed by atoms with E-state index in [0.717, 1.165) is 22.3 Å². The van der Waals surface area contributed by atoms with Gasteiger partial charge in [0.15, 0.2) is 0 Å². The first kappa shape index (κ1) is 10.5. The van der Waals surface area contributed by atoms with Gasteiger partial charge in [-0.2, -0.15) is 5.26 Å². The van der Waals surface area contributed by atoms with E-state index in [2.05, 4.69) is 6.07 Å². The maximum absolute atomic E-state index is 11.0. The van der Waals surface area contributed by atoms with Gasteiger partial charge in [-0.25, -0.2) is 4.79 Å². The van der Waals surface area contributed by atoms with E-state index < -0.39 is 5.97 Å². The van der Waals surface area contributed by atoms with Crippen molar-refractivity contribution < 1.29 is 9.90 Å². The molecule has 1 aliphatic carbocycles. The molecule has 1 aliphatic rings. The number of aromatic carboxylic acids is 1. The van der Waals surface area contributed by atoms with Crippen LogP contribution in [0.2, 0.25) is 0 Å². The van der Waals surface area contributed by atoms with Crippen molar-refractivity contribution in [1.82, 2.24) is 0 Å². The van der Waals surface area contributed by atoms with E-state index in [1.54, 1.807) is 6.07 Å². The van der Waals surface area contributed by atoms with Crippen molar-refractivity contribution in [1.29, 1.82) is 5.26 Å². The van der Waals surface area contributed by atoms with Crippen LogP contribution in [0.15, 0.2) is 36.4 Å². The molecule has 0 amide bonds. The first-order chi connectivity index (χ1) is 8.70. The van der Waals surface area contributed by atoms with Crippen LogP contribution >= 0.6 is 0 Å². The van der Waals surface area contributed by atoms with Gasteiger partial charge in [0.25, 0.3) is 0 Å². The molecule has 86 valence electrons. The van der Waals surface area contributed by atoms with Crippen molar-refractivity contribution >= 4 is 5.97 Å². The second kappa shape index (κ2) is 3.71. The zero-order valence-electron chi connectivity index (χ0n) is 9.47. The fourth-order valence-corrected chi connectivity index (χ4v) is 2.49. The largest absolute Gasteiger partial charge is 0.478 e. The highest BCUT2D eigenvalue weighted by atomic mass is 16.4. The molecule has 1 N–H and O–H groups in total. The lowest BCUT2D eigenvalue weighted by atomic mass is 9.97. The van der Waals surface area contributed by atoms with Gasteiger partial charge in [0, 0.05) is 5.56 Å². The highest BCUT2D eigenvalue weighted by Crippen LogP contribution is 2.39. The lowest BCUT2D eigenvalue weighted by molar-refractivity contribution is 0.0697. The summed E-state index contributed by atoms with van der Waals surface area (Å²) in [4.78, 5) is 11.0. The standard InChI is InChI=1S/C15H9NO2/c16-8-12-7-11(15(17)18)6-10-5-9-3-1-2-4-13(9)14(10)12/h1-4,6-7H,5H2,(H,17,18). The van der Waals surface area contributed by atoms with E-state index in [1.165, 1.54) is 6.07 Å². The number of carboxylic acids is 1. The Morgan fingerprint density at radius 1 is 1.22 bits per heavy atom. The molecule has 0 saturated heterocycles. The van der Waals surface area contributed by atoms with Gasteiger partial charge in [-0.3, -0.25) is 0 Å². The monoisotopic (exact) mass is 235 g/mol. The molecule has 3 heteroatoms. The number of rotatable bonds is 1. The second-order valence-electron chi connectivity index (χ2n) is 4.31. The first-order valence-electron chi connectivity index (χ1n) is 5.59. The Morgan fingerprint density at radius 2 is 2.00 bits per heavy atom. The molecule has 0 unspecified atom stereocenters. The van der Waals surface area contributed by atoms with Crippen LogP contribution in [0.4, 0.5) is 0 Å². The summed E-state index contributed by atoms with van der Waals surface area (Å²) in [5, 5.41) is 18.2. The molecule has 0 heterocycles. The summed E-state index contributed by atoms with van der Waals surface area (Å²) >= 11 is 0. The Bertz CT molecular complexity index is 711. The fourth-order valence-electron chi connectivity index (χ4n) is 2.49. The van der Waals surface area contributed by atoms with E-state index in [-0.39, 0.29) is 5.56 Å². The van der Waals surface area contributed by atoms with Crippen LogP contribution in [-0.2, 0) is 6.42 Å². The van der Waals surface area contributed by atoms with Gasteiger partial charge in [-0.05, 0) is 35.2 Å². The van der Waals surface area contributed by atoms with Gasteiger partial charge in [-0.15, -0.1) is 0 Å². The minimum atomic E-state index is -0.995. The van der Waals surface area contributed by atoms with Crippen LogP contribution in [0.25, 0.3) is 11.1 Å². The molecule has 0 spiro atoms. The minimum absolute atomic E-state index is 0.179. The molecule has 18 heavy (non-hydrogen) atoms. The number of nitriles is 1. The number of benzene rings is 2. The van der Waals surface area contributed by atoms with Crippen molar-refractivity contribution in [3.05, 3.63) is 58.7 Å². The highest BCUT2D eigenvalue weighted by molar-refractivity contribution is 5.92. The van der Waals surface area contributed by atoms with Crippen LogP contribution in [0.1, 0.15) is 27.0 Å². The summed E-state index contributed by atoms with van der Waals surface area (Å²) in [6.45, 7) is 0. The van der Waals surface area contributed by atoms with Gasteiger partial charge in [0.2, 0.25) is 0 Å². The molecular weight excluding hydrogens is 226 g/mol. The van der Waals surface area contributed by atoms with Gasteiger partial charge < -0.3 is 5.11 Å². The smallest absolute Gasteiger partial charge is 0.335 e. The van der Waals surface area contributed by atoms with Crippen molar-refractivity contribution in [2.75, 3.05) is 0 Å². The Kier molecular flexibility index (Phi) is 2.17. The molecule has 2 aromatic carbocycles. The molecule has 0 bridgehead atoms. The van der Waals surface area contributed by atoms with Crippen molar-refractivity contribution in [2.24, 2.45) is 0 Å². The number of carboxylic acid groups (broad SMARTS) is 1. The van der Waals surface area contributed by atoms with E-state index in [4.69, 9.17) is 5.11 Å². The van der Waals surface area contributed by atoms with E-state index in [0.29, 0.717) is 12.0 Å². The molecule has 3 rings (SSSR count). The zero-order valence-corrected chi connectivity index (χ0v) is 9.47. The summed E-state index contributed by atoms with van der Waals surface area (Å²) in [6, 6.07) is 13.1.